The van der Waals surface area contributed by atoms with Crippen LogP contribution in [0.3, 0.4) is 0 Å². The van der Waals surface area contributed by atoms with Gasteiger partial charge < -0.3 is 15.0 Å². The number of nitrogens with one attached hydrogen (secondary N) is 1. The summed E-state index contributed by atoms with van der Waals surface area (Å²) in [5.41, 5.74) is 2.43. The molecule has 0 aromatic heterocycles. The third-order valence-electron chi connectivity index (χ3n) is 5.96. The monoisotopic (exact) mass is 401 g/mol. The SMILES string of the molecule is CCOC(=O)N1CCCC(C(=O)NCc2ccc(CN3CCCC(C)C3)cc2)C1. The number of nitrogens with zero attached hydrogens (tertiary/aromatic N) is 2. The molecule has 0 radical (unpaired) electrons. The van der Waals surface area contributed by atoms with Crippen molar-refractivity contribution in [3.63, 3.8) is 0 Å². The number of benzene rings is 1. The summed E-state index contributed by atoms with van der Waals surface area (Å²) in [6.45, 7) is 9.49. The van der Waals surface area contributed by atoms with Gasteiger partial charge in [-0.1, -0.05) is 31.2 Å². The first kappa shape index (κ1) is 21.6. The molecular weight excluding hydrogens is 366 g/mol. The number of carbonyl (C=O) groups is 2. The lowest BCUT2D eigenvalue weighted by atomic mass is 9.97. The fourth-order valence-electron chi connectivity index (χ4n) is 4.36. The third-order valence-corrected chi connectivity index (χ3v) is 5.96. The molecular formula is C23H35N3O3. The van der Waals surface area contributed by atoms with Gasteiger partial charge in [-0.2, -0.15) is 0 Å². The van der Waals surface area contributed by atoms with Gasteiger partial charge in [-0.05, 0) is 56.2 Å². The number of rotatable bonds is 6. The number of amides is 2. The highest BCUT2D eigenvalue weighted by molar-refractivity contribution is 5.80. The summed E-state index contributed by atoms with van der Waals surface area (Å²) in [5, 5.41) is 3.04. The molecule has 2 fully saturated rings. The average Bonchev–Trinajstić information content (AvgIpc) is 2.73. The lowest BCUT2D eigenvalue weighted by Crippen LogP contribution is -2.45. The second-order valence-electron chi connectivity index (χ2n) is 8.50. The lowest BCUT2D eigenvalue weighted by molar-refractivity contribution is -0.126. The topological polar surface area (TPSA) is 61.9 Å². The minimum Gasteiger partial charge on any atom is -0.450 e. The van der Waals surface area contributed by atoms with Crippen molar-refractivity contribution in [3.05, 3.63) is 35.4 Å². The van der Waals surface area contributed by atoms with Crippen molar-refractivity contribution in [1.82, 2.24) is 15.1 Å². The molecule has 160 valence electrons. The smallest absolute Gasteiger partial charge is 0.409 e. The number of piperidine rings is 2. The van der Waals surface area contributed by atoms with Crippen molar-refractivity contribution < 1.29 is 14.3 Å². The Balaban J connectivity index is 1.44. The first-order valence-corrected chi connectivity index (χ1v) is 11.0. The molecule has 2 heterocycles. The van der Waals surface area contributed by atoms with Gasteiger partial charge in [-0.3, -0.25) is 9.69 Å². The van der Waals surface area contributed by atoms with E-state index in [1.807, 2.05) is 0 Å². The zero-order valence-electron chi connectivity index (χ0n) is 17.9. The Labute approximate surface area is 174 Å². The van der Waals surface area contributed by atoms with E-state index in [2.05, 4.69) is 41.4 Å². The predicted molar refractivity (Wildman–Crippen MR) is 113 cm³/mol. The highest BCUT2D eigenvalue weighted by Crippen LogP contribution is 2.19. The minimum absolute atomic E-state index is 0.0189. The Bertz CT molecular complexity index is 676. The third kappa shape index (κ3) is 6.46. The van der Waals surface area contributed by atoms with Crippen molar-refractivity contribution in [1.29, 1.82) is 0 Å². The molecule has 1 aromatic rings. The van der Waals surface area contributed by atoms with Gasteiger partial charge in [0, 0.05) is 32.7 Å². The predicted octanol–water partition coefficient (Wildman–Crippen LogP) is 3.40. The van der Waals surface area contributed by atoms with Gasteiger partial charge in [-0.15, -0.1) is 0 Å². The minimum atomic E-state index is -0.316. The normalized spacial score (nSPS) is 22.9. The maximum Gasteiger partial charge on any atom is 0.409 e. The maximum absolute atomic E-state index is 12.6. The van der Waals surface area contributed by atoms with E-state index in [1.54, 1.807) is 11.8 Å². The van der Waals surface area contributed by atoms with Gasteiger partial charge >= 0.3 is 6.09 Å². The van der Waals surface area contributed by atoms with Gasteiger partial charge in [0.2, 0.25) is 5.91 Å². The molecule has 6 heteroatoms. The van der Waals surface area contributed by atoms with Crippen LogP contribution >= 0.6 is 0 Å². The standard InChI is InChI=1S/C23H35N3O3/c1-3-29-23(28)26-13-5-7-21(17-26)22(27)24-14-19-8-10-20(11-9-19)16-25-12-4-6-18(2)15-25/h8-11,18,21H,3-7,12-17H2,1-2H3,(H,24,27). The number of hydrogen-bond donors (Lipinski definition) is 1. The molecule has 2 amide bonds. The Kier molecular flexibility index (Phi) is 7.92. The largest absolute Gasteiger partial charge is 0.450 e. The zero-order chi connectivity index (χ0) is 20.6. The summed E-state index contributed by atoms with van der Waals surface area (Å²) < 4.78 is 5.06. The van der Waals surface area contributed by atoms with Gasteiger partial charge in [-0.25, -0.2) is 4.79 Å². The molecule has 2 atom stereocenters. The summed E-state index contributed by atoms with van der Waals surface area (Å²) in [6, 6.07) is 8.55. The van der Waals surface area contributed by atoms with Crippen molar-refractivity contribution in [2.45, 2.75) is 52.6 Å². The molecule has 0 saturated carbocycles. The highest BCUT2D eigenvalue weighted by atomic mass is 16.6. The van der Waals surface area contributed by atoms with Crippen LogP contribution < -0.4 is 5.32 Å². The molecule has 2 aliphatic rings. The summed E-state index contributed by atoms with van der Waals surface area (Å²) in [6.07, 6.45) is 3.97. The number of likely N-dealkylation sites (tertiary alicyclic amines) is 2. The summed E-state index contributed by atoms with van der Waals surface area (Å²) >= 11 is 0. The van der Waals surface area contributed by atoms with E-state index < -0.39 is 0 Å². The van der Waals surface area contributed by atoms with E-state index in [0.717, 1.165) is 30.9 Å². The molecule has 2 saturated heterocycles. The first-order chi connectivity index (χ1) is 14.0. The molecule has 6 nitrogen and oxygen atoms in total. The summed E-state index contributed by atoms with van der Waals surface area (Å²) in [4.78, 5) is 28.6. The zero-order valence-corrected chi connectivity index (χ0v) is 17.9. The molecule has 29 heavy (non-hydrogen) atoms. The second kappa shape index (κ2) is 10.6. The van der Waals surface area contributed by atoms with Crippen molar-refractivity contribution in [2.24, 2.45) is 11.8 Å². The molecule has 0 bridgehead atoms. The summed E-state index contributed by atoms with van der Waals surface area (Å²) in [7, 11) is 0. The Morgan fingerprint density at radius 2 is 1.79 bits per heavy atom. The Hall–Kier alpha value is -2.08. The van der Waals surface area contributed by atoms with Crippen LogP contribution in [0.25, 0.3) is 0 Å². The van der Waals surface area contributed by atoms with E-state index in [-0.39, 0.29) is 17.9 Å². The van der Waals surface area contributed by atoms with E-state index in [0.29, 0.717) is 26.2 Å². The molecule has 2 aliphatic heterocycles. The number of ether oxygens (including phenoxy) is 1. The van der Waals surface area contributed by atoms with Crippen LogP contribution in [-0.4, -0.2) is 54.6 Å². The molecule has 1 N–H and O–H groups in total. The van der Waals surface area contributed by atoms with E-state index in [4.69, 9.17) is 4.74 Å². The molecule has 0 spiro atoms. The van der Waals surface area contributed by atoms with Gasteiger partial charge in [0.25, 0.3) is 0 Å². The van der Waals surface area contributed by atoms with Crippen LogP contribution in [0, 0.1) is 11.8 Å². The maximum atomic E-state index is 12.6. The summed E-state index contributed by atoms with van der Waals surface area (Å²) in [5.74, 6) is 0.650. The molecule has 0 aliphatic carbocycles. The van der Waals surface area contributed by atoms with Crippen LogP contribution in [0.5, 0.6) is 0 Å². The van der Waals surface area contributed by atoms with Crippen LogP contribution in [0.15, 0.2) is 24.3 Å². The fraction of sp³-hybridized carbons (Fsp3) is 0.652. The van der Waals surface area contributed by atoms with E-state index in [9.17, 15) is 9.59 Å². The average molecular weight is 402 g/mol. The van der Waals surface area contributed by atoms with Crippen molar-refractivity contribution in [3.8, 4) is 0 Å². The van der Waals surface area contributed by atoms with Crippen LogP contribution in [0.2, 0.25) is 0 Å². The van der Waals surface area contributed by atoms with Gasteiger partial charge in [0.1, 0.15) is 0 Å². The second-order valence-corrected chi connectivity index (χ2v) is 8.50. The Morgan fingerprint density at radius 1 is 1.07 bits per heavy atom. The number of carbonyl (C=O) groups excluding carboxylic acids is 2. The first-order valence-electron chi connectivity index (χ1n) is 11.0. The van der Waals surface area contributed by atoms with Crippen molar-refractivity contribution >= 4 is 12.0 Å². The van der Waals surface area contributed by atoms with Crippen LogP contribution in [0.1, 0.15) is 50.7 Å². The fourth-order valence-corrected chi connectivity index (χ4v) is 4.36. The molecule has 1 aromatic carbocycles. The molecule has 2 unspecified atom stereocenters. The number of hydrogen-bond acceptors (Lipinski definition) is 4. The van der Waals surface area contributed by atoms with E-state index >= 15 is 0 Å². The van der Waals surface area contributed by atoms with Gasteiger partial charge in [0.15, 0.2) is 0 Å². The van der Waals surface area contributed by atoms with Gasteiger partial charge in [0.05, 0.1) is 12.5 Å². The lowest BCUT2D eigenvalue weighted by Gasteiger charge is -2.31. The van der Waals surface area contributed by atoms with Crippen LogP contribution in [-0.2, 0) is 22.6 Å². The van der Waals surface area contributed by atoms with Crippen LogP contribution in [0.4, 0.5) is 4.79 Å². The quantitative estimate of drug-likeness (QED) is 0.794. The van der Waals surface area contributed by atoms with Crippen molar-refractivity contribution in [2.75, 3.05) is 32.8 Å². The highest BCUT2D eigenvalue weighted by Gasteiger charge is 2.28. The van der Waals surface area contributed by atoms with E-state index in [1.165, 1.54) is 31.5 Å². The Morgan fingerprint density at radius 3 is 2.52 bits per heavy atom. The molecule has 3 rings (SSSR count).